The highest BCUT2D eigenvalue weighted by Gasteiger charge is 2.25. The van der Waals surface area contributed by atoms with E-state index in [0.717, 1.165) is 25.2 Å². The van der Waals surface area contributed by atoms with Gasteiger partial charge < -0.3 is 10.5 Å². The van der Waals surface area contributed by atoms with Gasteiger partial charge in [0.05, 0.1) is 6.61 Å². The van der Waals surface area contributed by atoms with Gasteiger partial charge in [0, 0.05) is 12.0 Å². The number of hydrogen-bond acceptors (Lipinski definition) is 2. The first-order valence-electron chi connectivity index (χ1n) is 5.41. The quantitative estimate of drug-likeness (QED) is 0.766. The Labute approximate surface area is 90.7 Å². The van der Waals surface area contributed by atoms with Crippen LogP contribution in [0, 0.1) is 0 Å². The van der Waals surface area contributed by atoms with Gasteiger partial charge in [-0.25, -0.2) is 0 Å². The molecule has 1 heterocycles. The number of hydrogen-bond donors (Lipinski definition) is 1. The SMILES string of the molecule is C=CCC(N)C1CCOc2ccccc21. The minimum absolute atomic E-state index is 0.160. The van der Waals surface area contributed by atoms with E-state index in [2.05, 4.69) is 12.6 Å². The molecule has 2 nitrogen and oxygen atoms in total. The molecule has 0 aliphatic carbocycles. The summed E-state index contributed by atoms with van der Waals surface area (Å²) < 4.78 is 5.60. The maximum absolute atomic E-state index is 6.15. The van der Waals surface area contributed by atoms with Crippen LogP contribution in [0.25, 0.3) is 0 Å². The molecule has 1 aliphatic heterocycles. The largest absolute Gasteiger partial charge is 0.493 e. The summed E-state index contributed by atoms with van der Waals surface area (Å²) in [6, 6.07) is 8.33. The molecule has 1 aromatic carbocycles. The molecule has 80 valence electrons. The molecule has 0 saturated carbocycles. The molecular formula is C13H17NO. The third-order valence-corrected chi connectivity index (χ3v) is 2.96. The zero-order valence-corrected chi connectivity index (χ0v) is 8.86. The molecule has 2 unspecified atom stereocenters. The molecule has 2 heteroatoms. The van der Waals surface area contributed by atoms with E-state index in [9.17, 15) is 0 Å². The Kier molecular flexibility index (Phi) is 3.07. The van der Waals surface area contributed by atoms with E-state index in [1.54, 1.807) is 0 Å². The van der Waals surface area contributed by atoms with Crippen LogP contribution < -0.4 is 10.5 Å². The number of fused-ring (bicyclic) bond motifs is 1. The van der Waals surface area contributed by atoms with E-state index in [1.165, 1.54) is 5.56 Å². The molecule has 0 radical (unpaired) electrons. The van der Waals surface area contributed by atoms with Crippen LogP contribution in [0.15, 0.2) is 36.9 Å². The van der Waals surface area contributed by atoms with Gasteiger partial charge in [-0.05, 0) is 24.5 Å². The summed E-state index contributed by atoms with van der Waals surface area (Å²) in [5.41, 5.74) is 7.40. The molecule has 1 aromatic rings. The number of nitrogens with two attached hydrogens (primary N) is 1. The summed E-state index contributed by atoms with van der Waals surface area (Å²) in [7, 11) is 0. The van der Waals surface area contributed by atoms with Crippen molar-refractivity contribution >= 4 is 0 Å². The van der Waals surface area contributed by atoms with E-state index in [-0.39, 0.29) is 6.04 Å². The van der Waals surface area contributed by atoms with Crippen molar-refractivity contribution in [3.05, 3.63) is 42.5 Å². The lowest BCUT2D eigenvalue weighted by atomic mass is 9.86. The third-order valence-electron chi connectivity index (χ3n) is 2.96. The van der Waals surface area contributed by atoms with Gasteiger partial charge in [0.1, 0.15) is 5.75 Å². The number of benzene rings is 1. The molecule has 0 amide bonds. The van der Waals surface area contributed by atoms with Gasteiger partial charge in [0.15, 0.2) is 0 Å². The number of rotatable bonds is 3. The van der Waals surface area contributed by atoms with E-state index >= 15 is 0 Å². The Morgan fingerprint density at radius 1 is 1.53 bits per heavy atom. The van der Waals surface area contributed by atoms with Crippen LogP contribution in [0.4, 0.5) is 0 Å². The van der Waals surface area contributed by atoms with Crippen molar-refractivity contribution in [2.45, 2.75) is 24.8 Å². The highest BCUT2D eigenvalue weighted by molar-refractivity contribution is 5.38. The highest BCUT2D eigenvalue weighted by Crippen LogP contribution is 2.35. The standard InChI is InChI=1S/C13H17NO/c1-2-5-12(14)10-8-9-15-13-7-4-3-6-11(10)13/h2-4,6-7,10,12H,1,5,8-9,14H2. The molecule has 0 spiro atoms. The molecular weight excluding hydrogens is 186 g/mol. The van der Waals surface area contributed by atoms with Crippen LogP contribution in [-0.4, -0.2) is 12.6 Å². The molecule has 15 heavy (non-hydrogen) atoms. The topological polar surface area (TPSA) is 35.2 Å². The third kappa shape index (κ3) is 2.05. The fourth-order valence-corrected chi connectivity index (χ4v) is 2.17. The number of para-hydroxylation sites is 1. The summed E-state index contributed by atoms with van der Waals surface area (Å²) in [4.78, 5) is 0. The Morgan fingerprint density at radius 3 is 3.13 bits per heavy atom. The maximum Gasteiger partial charge on any atom is 0.122 e. The molecule has 2 rings (SSSR count). The fourth-order valence-electron chi connectivity index (χ4n) is 2.17. The van der Waals surface area contributed by atoms with Crippen LogP contribution in [0.2, 0.25) is 0 Å². The summed E-state index contributed by atoms with van der Waals surface area (Å²) in [6.45, 7) is 4.51. The van der Waals surface area contributed by atoms with Crippen molar-refractivity contribution in [2.24, 2.45) is 5.73 Å². The van der Waals surface area contributed by atoms with Gasteiger partial charge in [0.25, 0.3) is 0 Å². The van der Waals surface area contributed by atoms with Gasteiger partial charge in [-0.1, -0.05) is 24.3 Å². The van der Waals surface area contributed by atoms with Gasteiger partial charge in [-0.15, -0.1) is 6.58 Å². The zero-order valence-electron chi connectivity index (χ0n) is 8.86. The average Bonchev–Trinajstić information content (AvgIpc) is 2.28. The minimum atomic E-state index is 0.160. The molecule has 1 aliphatic rings. The fraction of sp³-hybridized carbons (Fsp3) is 0.385. The van der Waals surface area contributed by atoms with Crippen molar-refractivity contribution < 1.29 is 4.74 Å². The summed E-state index contributed by atoms with van der Waals surface area (Å²) >= 11 is 0. The van der Waals surface area contributed by atoms with Crippen LogP contribution >= 0.6 is 0 Å². The molecule has 2 N–H and O–H groups in total. The van der Waals surface area contributed by atoms with Crippen LogP contribution in [-0.2, 0) is 0 Å². The summed E-state index contributed by atoms with van der Waals surface area (Å²) in [5, 5.41) is 0. The second kappa shape index (κ2) is 4.49. The van der Waals surface area contributed by atoms with E-state index in [0.29, 0.717) is 5.92 Å². The molecule has 0 saturated heterocycles. The van der Waals surface area contributed by atoms with Crippen molar-refractivity contribution in [1.29, 1.82) is 0 Å². The smallest absolute Gasteiger partial charge is 0.122 e. The second-order valence-corrected chi connectivity index (χ2v) is 3.97. The van der Waals surface area contributed by atoms with Gasteiger partial charge in [-0.2, -0.15) is 0 Å². The second-order valence-electron chi connectivity index (χ2n) is 3.97. The summed E-state index contributed by atoms with van der Waals surface area (Å²) in [5.74, 6) is 1.40. The Morgan fingerprint density at radius 2 is 2.33 bits per heavy atom. The lowest BCUT2D eigenvalue weighted by Gasteiger charge is -2.29. The minimum Gasteiger partial charge on any atom is -0.493 e. The monoisotopic (exact) mass is 203 g/mol. The van der Waals surface area contributed by atoms with E-state index in [4.69, 9.17) is 10.5 Å². The molecule has 2 atom stereocenters. The normalized spacial score (nSPS) is 21.3. The summed E-state index contributed by atoms with van der Waals surface area (Å²) in [6.07, 6.45) is 3.76. The van der Waals surface area contributed by atoms with E-state index < -0.39 is 0 Å². The van der Waals surface area contributed by atoms with Gasteiger partial charge in [-0.3, -0.25) is 0 Å². The Hall–Kier alpha value is -1.28. The predicted molar refractivity (Wildman–Crippen MR) is 62.1 cm³/mol. The van der Waals surface area contributed by atoms with E-state index in [1.807, 2.05) is 24.3 Å². The van der Waals surface area contributed by atoms with Crippen molar-refractivity contribution in [3.63, 3.8) is 0 Å². The zero-order chi connectivity index (χ0) is 10.7. The van der Waals surface area contributed by atoms with Crippen LogP contribution in [0.1, 0.15) is 24.3 Å². The average molecular weight is 203 g/mol. The van der Waals surface area contributed by atoms with Crippen molar-refractivity contribution in [1.82, 2.24) is 0 Å². The predicted octanol–water partition coefficient (Wildman–Crippen LogP) is 2.46. The van der Waals surface area contributed by atoms with Crippen molar-refractivity contribution in [2.75, 3.05) is 6.61 Å². The Bertz CT molecular complexity index is 348. The lowest BCUT2D eigenvalue weighted by Crippen LogP contribution is -2.31. The number of ether oxygens (including phenoxy) is 1. The van der Waals surface area contributed by atoms with Crippen LogP contribution in [0.5, 0.6) is 5.75 Å². The van der Waals surface area contributed by atoms with Gasteiger partial charge >= 0.3 is 0 Å². The maximum atomic E-state index is 6.15. The highest BCUT2D eigenvalue weighted by atomic mass is 16.5. The first-order valence-corrected chi connectivity index (χ1v) is 5.41. The molecule has 0 aromatic heterocycles. The van der Waals surface area contributed by atoms with Gasteiger partial charge in [0.2, 0.25) is 0 Å². The Balaban J connectivity index is 2.25. The molecule has 0 fully saturated rings. The van der Waals surface area contributed by atoms with Crippen LogP contribution in [0.3, 0.4) is 0 Å². The first-order chi connectivity index (χ1) is 7.33. The lowest BCUT2D eigenvalue weighted by molar-refractivity contribution is 0.255. The first kappa shape index (κ1) is 10.2. The molecule has 0 bridgehead atoms. The van der Waals surface area contributed by atoms with Crippen molar-refractivity contribution in [3.8, 4) is 5.75 Å².